The summed E-state index contributed by atoms with van der Waals surface area (Å²) >= 11 is 0. The lowest BCUT2D eigenvalue weighted by Crippen LogP contribution is -2.53. The number of rotatable bonds is 4. The maximum Gasteiger partial charge on any atom is 0.430 e. The maximum atomic E-state index is 13.5. The molecule has 0 radical (unpaired) electrons. The molecule has 35 heavy (non-hydrogen) atoms. The van der Waals surface area contributed by atoms with E-state index in [4.69, 9.17) is 0 Å². The number of hydrogen-bond acceptors (Lipinski definition) is 3. The average Bonchev–Trinajstić information content (AvgIpc) is 2.78. The Morgan fingerprint density at radius 2 is 1.43 bits per heavy atom. The van der Waals surface area contributed by atoms with Gasteiger partial charge in [0, 0.05) is 12.0 Å². The fourth-order valence-electron chi connectivity index (χ4n) is 3.94. The third-order valence-electron chi connectivity index (χ3n) is 5.74. The summed E-state index contributed by atoms with van der Waals surface area (Å²) in [5.74, 6) is 0.244. The molecule has 0 atom stereocenters. The Kier molecular flexibility index (Phi) is 5.96. The van der Waals surface area contributed by atoms with Crippen LogP contribution in [0.2, 0.25) is 0 Å². The minimum absolute atomic E-state index is 0.00836. The van der Waals surface area contributed by atoms with Gasteiger partial charge >= 0.3 is 12.4 Å². The van der Waals surface area contributed by atoms with Crippen LogP contribution in [-0.2, 0) is 12.0 Å². The van der Waals surface area contributed by atoms with Crippen molar-refractivity contribution < 1.29 is 31.4 Å². The summed E-state index contributed by atoms with van der Waals surface area (Å²) < 4.78 is 80.7. The van der Waals surface area contributed by atoms with Gasteiger partial charge in [-0.3, -0.25) is 9.36 Å². The number of alkyl halides is 6. The Hall–Kier alpha value is -3.66. The zero-order valence-electron chi connectivity index (χ0n) is 18.2. The smallest absolute Gasteiger partial charge is 0.369 e. The van der Waals surface area contributed by atoms with Crippen molar-refractivity contribution in [3.05, 3.63) is 106 Å². The summed E-state index contributed by atoms with van der Waals surface area (Å²) in [6.45, 7) is 1.70. The van der Waals surface area contributed by atoms with Gasteiger partial charge in [0.05, 0.1) is 16.6 Å². The predicted molar refractivity (Wildman–Crippen MR) is 117 cm³/mol. The molecule has 0 fully saturated rings. The third-order valence-corrected chi connectivity index (χ3v) is 5.74. The van der Waals surface area contributed by atoms with E-state index in [1.54, 1.807) is 55.5 Å². The molecule has 1 heterocycles. The number of aryl methyl sites for hydroxylation is 1. The number of benzene rings is 3. The van der Waals surface area contributed by atoms with Crippen LogP contribution in [0, 0.1) is 6.92 Å². The number of nitrogens with zero attached hydrogens (tertiary/aromatic N) is 2. The van der Waals surface area contributed by atoms with Gasteiger partial charge in [0.2, 0.25) is 0 Å². The van der Waals surface area contributed by atoms with Crippen molar-refractivity contribution in [1.82, 2.24) is 9.55 Å². The van der Waals surface area contributed by atoms with Crippen LogP contribution in [0.15, 0.2) is 77.6 Å². The van der Waals surface area contributed by atoms with Crippen molar-refractivity contribution in [2.45, 2.75) is 31.3 Å². The van der Waals surface area contributed by atoms with Gasteiger partial charge in [-0.05, 0) is 36.2 Å². The number of fused-ring (bicyclic) bond motifs is 1. The van der Waals surface area contributed by atoms with E-state index in [2.05, 4.69) is 4.98 Å². The second-order valence-electron chi connectivity index (χ2n) is 8.05. The molecule has 182 valence electrons. The molecule has 0 bridgehead atoms. The van der Waals surface area contributed by atoms with E-state index in [0.29, 0.717) is 23.2 Å². The van der Waals surface area contributed by atoms with Crippen LogP contribution in [0.1, 0.15) is 22.5 Å². The molecular weight excluding hydrogens is 474 g/mol. The Balaban J connectivity index is 1.92. The van der Waals surface area contributed by atoms with Gasteiger partial charge in [-0.25, -0.2) is 4.98 Å². The standard InChI is InChI=1S/C25H18F6N2O2/c1-15-6-5-9-19-21(15)22(34)33(20(32-19)14-16-7-3-2-4-8-16)18-12-10-17(11-13-18)23(35,24(26,27)28)25(29,30)31/h2-13,35H,14H2,1H3. The SMILES string of the molecule is Cc1cccc2nc(Cc3ccccc3)n(-c3ccc(C(O)(C(F)(F)F)C(F)(F)F)cc3)c(=O)c12. The van der Waals surface area contributed by atoms with Gasteiger partial charge in [-0.2, -0.15) is 26.3 Å². The second-order valence-corrected chi connectivity index (χ2v) is 8.05. The van der Waals surface area contributed by atoms with Gasteiger partial charge in [0.25, 0.3) is 11.2 Å². The number of hydrogen-bond donors (Lipinski definition) is 1. The van der Waals surface area contributed by atoms with Crippen LogP contribution >= 0.6 is 0 Å². The van der Waals surface area contributed by atoms with Crippen LogP contribution < -0.4 is 5.56 Å². The van der Waals surface area contributed by atoms with Crippen LogP contribution in [0.25, 0.3) is 16.6 Å². The summed E-state index contributed by atoms with van der Waals surface area (Å²) in [6.07, 6.45) is -11.8. The molecule has 10 heteroatoms. The Morgan fingerprint density at radius 1 is 0.829 bits per heavy atom. The van der Waals surface area contributed by atoms with Crippen molar-refractivity contribution in [2.75, 3.05) is 0 Å². The number of aliphatic hydroxyl groups is 1. The summed E-state index contributed by atoms with van der Waals surface area (Å²) in [5, 5.41) is 9.94. The highest BCUT2D eigenvalue weighted by molar-refractivity contribution is 5.81. The minimum Gasteiger partial charge on any atom is -0.369 e. The molecular formula is C25H18F6N2O2. The Labute approximate surface area is 195 Å². The van der Waals surface area contributed by atoms with Gasteiger partial charge in [0.1, 0.15) is 5.82 Å². The van der Waals surface area contributed by atoms with E-state index in [1.807, 2.05) is 0 Å². The molecule has 0 saturated carbocycles. The lowest BCUT2D eigenvalue weighted by atomic mass is 9.92. The highest BCUT2D eigenvalue weighted by Crippen LogP contribution is 2.50. The molecule has 0 aliphatic rings. The molecule has 0 aliphatic carbocycles. The Bertz CT molecular complexity index is 1410. The summed E-state index contributed by atoms with van der Waals surface area (Å²) in [7, 11) is 0. The predicted octanol–water partition coefficient (Wildman–Crippen LogP) is 5.60. The van der Waals surface area contributed by atoms with E-state index >= 15 is 0 Å². The molecule has 0 spiro atoms. The van der Waals surface area contributed by atoms with Gasteiger partial charge < -0.3 is 5.11 Å². The quantitative estimate of drug-likeness (QED) is 0.378. The first-order valence-corrected chi connectivity index (χ1v) is 10.4. The van der Waals surface area contributed by atoms with E-state index in [0.717, 1.165) is 22.3 Å². The first kappa shape index (κ1) is 24.5. The molecule has 3 aromatic carbocycles. The summed E-state index contributed by atoms with van der Waals surface area (Å²) in [4.78, 5) is 18.0. The van der Waals surface area contributed by atoms with E-state index < -0.39 is 29.1 Å². The van der Waals surface area contributed by atoms with Gasteiger partial charge in [-0.15, -0.1) is 0 Å². The van der Waals surface area contributed by atoms with Crippen LogP contribution in [0.4, 0.5) is 26.3 Å². The lowest BCUT2D eigenvalue weighted by Gasteiger charge is -2.32. The van der Waals surface area contributed by atoms with Gasteiger partial charge in [0.15, 0.2) is 0 Å². The lowest BCUT2D eigenvalue weighted by molar-refractivity contribution is -0.376. The topological polar surface area (TPSA) is 55.1 Å². The first-order valence-electron chi connectivity index (χ1n) is 10.4. The van der Waals surface area contributed by atoms with Crippen molar-refractivity contribution in [2.24, 2.45) is 0 Å². The van der Waals surface area contributed by atoms with E-state index in [1.165, 1.54) is 0 Å². The molecule has 0 saturated heterocycles. The number of aromatic nitrogens is 2. The molecule has 0 aliphatic heterocycles. The molecule has 0 unspecified atom stereocenters. The molecule has 1 N–H and O–H groups in total. The molecule has 1 aromatic heterocycles. The largest absolute Gasteiger partial charge is 0.430 e. The van der Waals surface area contributed by atoms with Crippen LogP contribution in [-0.4, -0.2) is 27.0 Å². The van der Waals surface area contributed by atoms with Crippen LogP contribution in [0.5, 0.6) is 0 Å². The Morgan fingerprint density at radius 3 is 2.00 bits per heavy atom. The maximum absolute atomic E-state index is 13.5. The highest BCUT2D eigenvalue weighted by Gasteiger charge is 2.71. The number of halogens is 6. The third kappa shape index (κ3) is 4.18. The summed E-state index contributed by atoms with van der Waals surface area (Å²) in [6, 6.07) is 16.9. The molecule has 0 amide bonds. The van der Waals surface area contributed by atoms with Gasteiger partial charge in [-0.1, -0.05) is 54.6 Å². The molecule has 4 aromatic rings. The van der Waals surface area contributed by atoms with E-state index in [9.17, 15) is 36.2 Å². The fraction of sp³-hybridized carbons (Fsp3) is 0.200. The molecule has 4 nitrogen and oxygen atoms in total. The zero-order valence-corrected chi connectivity index (χ0v) is 18.2. The van der Waals surface area contributed by atoms with Crippen LogP contribution in [0.3, 0.4) is 0 Å². The monoisotopic (exact) mass is 492 g/mol. The van der Waals surface area contributed by atoms with Crippen molar-refractivity contribution in [1.29, 1.82) is 0 Å². The van der Waals surface area contributed by atoms with E-state index in [-0.39, 0.29) is 23.3 Å². The average molecular weight is 492 g/mol. The van der Waals surface area contributed by atoms with Crippen molar-refractivity contribution >= 4 is 10.9 Å². The molecule has 4 rings (SSSR count). The fourth-order valence-corrected chi connectivity index (χ4v) is 3.94. The van der Waals surface area contributed by atoms with Crippen molar-refractivity contribution in [3.63, 3.8) is 0 Å². The zero-order chi connectivity index (χ0) is 25.6. The first-order chi connectivity index (χ1) is 16.3. The minimum atomic E-state index is -6.01. The normalized spacial score (nSPS) is 12.8. The highest BCUT2D eigenvalue weighted by atomic mass is 19.4. The second kappa shape index (κ2) is 8.53. The summed E-state index contributed by atoms with van der Waals surface area (Å²) in [5.41, 5.74) is -5.17. The van der Waals surface area contributed by atoms with Crippen molar-refractivity contribution in [3.8, 4) is 5.69 Å².